The predicted molar refractivity (Wildman–Crippen MR) is 106 cm³/mol. The lowest BCUT2D eigenvalue weighted by molar-refractivity contribution is 0.0682. The van der Waals surface area contributed by atoms with E-state index >= 15 is 0 Å². The standard InChI is InChI=1S/C21H26N4O2/c1-14-4-3-5-18(19(14)24-20(26)17-6-10-23-11-7-17)21(27)25-12-8-16(9-13-25)15(2)22/h3-7,10-11,15-16H,8-9,12-13,22H2,1-2H3,(H,24,26). The Labute approximate surface area is 159 Å². The van der Waals surface area contributed by atoms with Crippen molar-refractivity contribution in [2.75, 3.05) is 18.4 Å². The van der Waals surface area contributed by atoms with Gasteiger partial charge in [0, 0.05) is 37.1 Å². The van der Waals surface area contributed by atoms with Gasteiger partial charge >= 0.3 is 0 Å². The van der Waals surface area contributed by atoms with Gasteiger partial charge in [0.1, 0.15) is 0 Å². The highest BCUT2D eigenvalue weighted by atomic mass is 16.2. The fourth-order valence-corrected chi connectivity index (χ4v) is 3.50. The van der Waals surface area contributed by atoms with Crippen molar-refractivity contribution in [3.8, 4) is 0 Å². The summed E-state index contributed by atoms with van der Waals surface area (Å²) in [5.74, 6) is 0.153. The minimum absolute atomic E-state index is 0.0492. The van der Waals surface area contributed by atoms with Crippen LogP contribution >= 0.6 is 0 Å². The van der Waals surface area contributed by atoms with E-state index < -0.39 is 0 Å². The summed E-state index contributed by atoms with van der Waals surface area (Å²) >= 11 is 0. The van der Waals surface area contributed by atoms with Crippen LogP contribution < -0.4 is 11.1 Å². The molecule has 1 aromatic heterocycles. The number of benzene rings is 1. The Balaban J connectivity index is 1.79. The van der Waals surface area contributed by atoms with E-state index in [1.165, 1.54) is 0 Å². The summed E-state index contributed by atoms with van der Waals surface area (Å²) in [6.45, 7) is 5.30. The van der Waals surface area contributed by atoms with E-state index in [-0.39, 0.29) is 17.9 Å². The van der Waals surface area contributed by atoms with Gasteiger partial charge in [0.15, 0.2) is 0 Å². The quantitative estimate of drug-likeness (QED) is 0.871. The third kappa shape index (κ3) is 4.34. The summed E-state index contributed by atoms with van der Waals surface area (Å²) in [6.07, 6.45) is 4.96. The summed E-state index contributed by atoms with van der Waals surface area (Å²) in [5.41, 5.74) is 8.45. The molecule has 1 aliphatic heterocycles. The Bertz CT molecular complexity index is 812. The lowest BCUT2D eigenvalue weighted by atomic mass is 9.90. The van der Waals surface area contributed by atoms with Gasteiger partial charge in [-0.15, -0.1) is 0 Å². The lowest BCUT2D eigenvalue weighted by Crippen LogP contribution is -2.42. The number of pyridine rings is 1. The molecule has 2 aromatic rings. The summed E-state index contributed by atoms with van der Waals surface area (Å²) in [6, 6.07) is 8.95. The van der Waals surface area contributed by atoms with Crippen LogP contribution in [0.4, 0.5) is 5.69 Å². The number of nitrogens with zero attached hydrogens (tertiary/aromatic N) is 2. The first kappa shape index (κ1) is 19.0. The number of piperidine rings is 1. The fourth-order valence-electron chi connectivity index (χ4n) is 3.50. The van der Waals surface area contributed by atoms with Crippen LogP contribution in [-0.4, -0.2) is 40.8 Å². The molecule has 142 valence electrons. The maximum absolute atomic E-state index is 13.1. The highest BCUT2D eigenvalue weighted by molar-refractivity contribution is 6.09. The number of carbonyl (C=O) groups excluding carboxylic acids is 2. The molecule has 1 fully saturated rings. The van der Waals surface area contributed by atoms with Crippen molar-refractivity contribution in [3.05, 3.63) is 59.4 Å². The molecule has 0 bridgehead atoms. The number of nitrogens with two attached hydrogens (primary N) is 1. The summed E-state index contributed by atoms with van der Waals surface area (Å²) in [4.78, 5) is 31.4. The van der Waals surface area contributed by atoms with Gasteiger partial charge in [-0.05, 0) is 56.4 Å². The number of anilines is 1. The zero-order valence-corrected chi connectivity index (χ0v) is 15.8. The molecule has 0 saturated carbocycles. The molecule has 1 atom stereocenters. The smallest absolute Gasteiger partial charge is 0.255 e. The minimum atomic E-state index is -0.253. The first-order chi connectivity index (χ1) is 13.0. The number of aryl methyl sites for hydroxylation is 1. The van der Waals surface area contributed by atoms with Crippen LogP contribution in [0.3, 0.4) is 0 Å². The molecular formula is C21H26N4O2. The molecular weight excluding hydrogens is 340 g/mol. The number of aromatic nitrogens is 1. The SMILES string of the molecule is Cc1cccc(C(=O)N2CCC(C(C)N)CC2)c1NC(=O)c1ccncc1. The van der Waals surface area contributed by atoms with Gasteiger partial charge < -0.3 is 16.0 Å². The van der Waals surface area contributed by atoms with Gasteiger partial charge in [0.05, 0.1) is 11.3 Å². The average molecular weight is 366 g/mol. The monoisotopic (exact) mass is 366 g/mol. The number of likely N-dealkylation sites (tertiary alicyclic amines) is 1. The summed E-state index contributed by atoms with van der Waals surface area (Å²) in [7, 11) is 0. The van der Waals surface area contributed by atoms with E-state index in [9.17, 15) is 9.59 Å². The summed E-state index contributed by atoms with van der Waals surface area (Å²) in [5, 5.41) is 2.91. The van der Waals surface area contributed by atoms with E-state index in [1.54, 1.807) is 30.6 Å². The second kappa shape index (κ2) is 8.31. The van der Waals surface area contributed by atoms with Crippen LogP contribution in [0.2, 0.25) is 0 Å². The molecule has 27 heavy (non-hydrogen) atoms. The highest BCUT2D eigenvalue weighted by Gasteiger charge is 2.27. The van der Waals surface area contributed by atoms with Gasteiger partial charge in [-0.1, -0.05) is 12.1 Å². The number of carbonyl (C=O) groups is 2. The van der Waals surface area contributed by atoms with Gasteiger partial charge in [0.25, 0.3) is 11.8 Å². The van der Waals surface area contributed by atoms with Crippen molar-refractivity contribution in [1.29, 1.82) is 0 Å². The summed E-state index contributed by atoms with van der Waals surface area (Å²) < 4.78 is 0. The molecule has 0 spiro atoms. The minimum Gasteiger partial charge on any atom is -0.339 e. The van der Waals surface area contributed by atoms with Gasteiger partial charge in [-0.25, -0.2) is 0 Å². The Morgan fingerprint density at radius 2 is 1.85 bits per heavy atom. The largest absolute Gasteiger partial charge is 0.339 e. The number of para-hydroxylation sites is 1. The third-order valence-corrected chi connectivity index (χ3v) is 5.25. The van der Waals surface area contributed by atoms with E-state index in [0.29, 0.717) is 35.8 Å². The van der Waals surface area contributed by atoms with Gasteiger partial charge in [-0.3, -0.25) is 14.6 Å². The third-order valence-electron chi connectivity index (χ3n) is 5.25. The molecule has 2 heterocycles. The van der Waals surface area contributed by atoms with Crippen LogP contribution in [0.1, 0.15) is 46.0 Å². The molecule has 0 aliphatic carbocycles. The molecule has 3 rings (SSSR count). The first-order valence-electron chi connectivity index (χ1n) is 9.33. The Morgan fingerprint density at radius 1 is 1.19 bits per heavy atom. The van der Waals surface area contributed by atoms with Crippen molar-refractivity contribution >= 4 is 17.5 Å². The molecule has 6 nitrogen and oxygen atoms in total. The highest BCUT2D eigenvalue weighted by Crippen LogP contribution is 2.26. The molecule has 2 amide bonds. The molecule has 0 radical (unpaired) electrons. The number of amides is 2. The Hall–Kier alpha value is -2.73. The maximum atomic E-state index is 13.1. The van der Waals surface area contributed by atoms with Gasteiger partial charge in [0.2, 0.25) is 0 Å². The zero-order valence-electron chi connectivity index (χ0n) is 15.8. The second-order valence-corrected chi connectivity index (χ2v) is 7.18. The maximum Gasteiger partial charge on any atom is 0.255 e. The van der Waals surface area contributed by atoms with Crippen molar-refractivity contribution < 1.29 is 9.59 Å². The molecule has 1 saturated heterocycles. The van der Waals surface area contributed by atoms with Crippen LogP contribution in [0, 0.1) is 12.8 Å². The molecule has 1 aromatic carbocycles. The van der Waals surface area contributed by atoms with E-state index in [0.717, 1.165) is 18.4 Å². The first-order valence-corrected chi connectivity index (χ1v) is 9.33. The molecule has 1 aliphatic rings. The van der Waals surface area contributed by atoms with E-state index in [1.807, 2.05) is 30.9 Å². The predicted octanol–water partition coefficient (Wildman–Crippen LogP) is 2.84. The Kier molecular flexibility index (Phi) is 5.86. The van der Waals surface area contributed by atoms with Crippen molar-refractivity contribution in [2.45, 2.75) is 32.7 Å². The average Bonchev–Trinajstić information content (AvgIpc) is 2.69. The normalized spacial score (nSPS) is 16.0. The topological polar surface area (TPSA) is 88.3 Å². The number of rotatable bonds is 4. The number of hydrogen-bond acceptors (Lipinski definition) is 4. The second-order valence-electron chi connectivity index (χ2n) is 7.18. The van der Waals surface area contributed by atoms with Crippen molar-refractivity contribution in [3.63, 3.8) is 0 Å². The van der Waals surface area contributed by atoms with Crippen LogP contribution in [0.25, 0.3) is 0 Å². The zero-order chi connectivity index (χ0) is 19.4. The van der Waals surface area contributed by atoms with Gasteiger partial charge in [-0.2, -0.15) is 0 Å². The van der Waals surface area contributed by atoms with Crippen LogP contribution in [0.5, 0.6) is 0 Å². The molecule has 1 unspecified atom stereocenters. The van der Waals surface area contributed by atoms with Crippen LogP contribution in [0.15, 0.2) is 42.7 Å². The van der Waals surface area contributed by atoms with Crippen LogP contribution in [-0.2, 0) is 0 Å². The fraction of sp³-hybridized carbons (Fsp3) is 0.381. The Morgan fingerprint density at radius 3 is 2.48 bits per heavy atom. The molecule has 6 heteroatoms. The van der Waals surface area contributed by atoms with E-state index in [2.05, 4.69) is 10.3 Å². The van der Waals surface area contributed by atoms with Crippen molar-refractivity contribution in [1.82, 2.24) is 9.88 Å². The van der Waals surface area contributed by atoms with E-state index in [4.69, 9.17) is 5.73 Å². The van der Waals surface area contributed by atoms with Crippen molar-refractivity contribution in [2.24, 2.45) is 11.7 Å². The number of hydrogen-bond donors (Lipinski definition) is 2. The molecule has 3 N–H and O–H groups in total. The lowest BCUT2D eigenvalue weighted by Gasteiger charge is -2.34. The number of nitrogens with one attached hydrogen (secondary N) is 1.